The Kier molecular flexibility index (Phi) is 4.31. The van der Waals surface area contributed by atoms with Crippen LogP contribution in [0.5, 0.6) is 0 Å². The Labute approximate surface area is 110 Å². The van der Waals surface area contributed by atoms with Crippen LogP contribution >= 0.6 is 23.8 Å². The first kappa shape index (κ1) is 12.3. The summed E-state index contributed by atoms with van der Waals surface area (Å²) in [5, 5.41) is 0.645. The van der Waals surface area contributed by atoms with Crippen LogP contribution in [0.25, 0.3) is 0 Å². The average molecular weight is 266 g/mol. The van der Waals surface area contributed by atoms with E-state index in [0.717, 1.165) is 11.3 Å². The van der Waals surface area contributed by atoms with Gasteiger partial charge in [0, 0.05) is 0 Å². The standard InChI is InChI=1S/C13H12ClNOS/c14-11-6-7-13(17)15-12(11)9-16-8-10-4-2-1-3-5-10/h1-7H,8-9H2,(H,15,17). The van der Waals surface area contributed by atoms with E-state index >= 15 is 0 Å². The van der Waals surface area contributed by atoms with Gasteiger partial charge in [0.05, 0.1) is 23.9 Å². The first-order valence-corrected chi connectivity index (χ1v) is 6.04. The van der Waals surface area contributed by atoms with Crippen LogP contribution in [0.3, 0.4) is 0 Å². The summed E-state index contributed by atoms with van der Waals surface area (Å²) >= 11 is 11.1. The van der Waals surface area contributed by atoms with Gasteiger partial charge in [-0.2, -0.15) is 0 Å². The van der Waals surface area contributed by atoms with E-state index in [9.17, 15) is 0 Å². The second kappa shape index (κ2) is 5.96. The quantitative estimate of drug-likeness (QED) is 0.842. The van der Waals surface area contributed by atoms with Gasteiger partial charge < -0.3 is 9.72 Å². The van der Waals surface area contributed by atoms with Gasteiger partial charge in [-0.1, -0.05) is 54.2 Å². The fraction of sp³-hybridized carbons (Fsp3) is 0.154. The van der Waals surface area contributed by atoms with E-state index in [2.05, 4.69) is 4.98 Å². The highest BCUT2D eigenvalue weighted by Gasteiger charge is 2.00. The van der Waals surface area contributed by atoms with Crippen molar-refractivity contribution in [2.24, 2.45) is 0 Å². The molecule has 0 saturated carbocycles. The van der Waals surface area contributed by atoms with Gasteiger partial charge in [-0.15, -0.1) is 0 Å². The zero-order chi connectivity index (χ0) is 12.1. The van der Waals surface area contributed by atoms with Crippen LogP contribution < -0.4 is 0 Å². The number of nitrogens with one attached hydrogen (secondary N) is 1. The van der Waals surface area contributed by atoms with Crippen LogP contribution in [0.4, 0.5) is 0 Å². The van der Waals surface area contributed by atoms with Gasteiger partial charge in [0.2, 0.25) is 0 Å². The summed E-state index contributed by atoms with van der Waals surface area (Å²) in [6.45, 7) is 0.991. The topological polar surface area (TPSA) is 25.0 Å². The number of benzene rings is 1. The lowest BCUT2D eigenvalue weighted by molar-refractivity contribution is 0.104. The summed E-state index contributed by atoms with van der Waals surface area (Å²) in [5.41, 5.74) is 1.95. The van der Waals surface area contributed by atoms with E-state index < -0.39 is 0 Å². The summed E-state index contributed by atoms with van der Waals surface area (Å²) in [5.74, 6) is 0. The first-order chi connectivity index (χ1) is 8.25. The molecule has 1 N–H and O–H groups in total. The second-order valence-corrected chi connectivity index (χ2v) is 4.47. The third-order valence-corrected chi connectivity index (χ3v) is 2.89. The molecule has 88 valence electrons. The van der Waals surface area contributed by atoms with Crippen molar-refractivity contribution in [1.82, 2.24) is 4.98 Å². The Balaban J connectivity index is 1.94. The average Bonchev–Trinajstić information content (AvgIpc) is 2.35. The highest BCUT2D eigenvalue weighted by atomic mass is 35.5. The van der Waals surface area contributed by atoms with Crippen molar-refractivity contribution in [2.75, 3.05) is 0 Å². The molecule has 4 heteroatoms. The van der Waals surface area contributed by atoms with Crippen LogP contribution in [0, 0.1) is 4.64 Å². The third-order valence-electron chi connectivity index (χ3n) is 2.30. The largest absolute Gasteiger partial charge is 0.371 e. The van der Waals surface area contributed by atoms with Crippen molar-refractivity contribution < 1.29 is 4.74 Å². The van der Waals surface area contributed by atoms with Crippen molar-refractivity contribution in [1.29, 1.82) is 0 Å². The highest BCUT2D eigenvalue weighted by Crippen LogP contribution is 2.14. The minimum absolute atomic E-state index is 0.429. The number of aromatic nitrogens is 1. The minimum Gasteiger partial charge on any atom is -0.371 e. The number of pyridine rings is 1. The van der Waals surface area contributed by atoms with E-state index in [-0.39, 0.29) is 0 Å². The van der Waals surface area contributed by atoms with Crippen LogP contribution in [0.1, 0.15) is 11.3 Å². The predicted octanol–water partition coefficient (Wildman–Crippen LogP) is 4.11. The fourth-order valence-corrected chi connectivity index (χ4v) is 1.81. The monoisotopic (exact) mass is 265 g/mol. The summed E-state index contributed by atoms with van der Waals surface area (Å²) in [6.07, 6.45) is 0. The van der Waals surface area contributed by atoms with Crippen LogP contribution in [0.2, 0.25) is 5.02 Å². The number of halogens is 1. The van der Waals surface area contributed by atoms with Crippen LogP contribution in [0.15, 0.2) is 42.5 Å². The van der Waals surface area contributed by atoms with Gasteiger partial charge in [-0.3, -0.25) is 0 Å². The Bertz CT molecular complexity index is 539. The van der Waals surface area contributed by atoms with Crippen molar-refractivity contribution in [3.8, 4) is 0 Å². The number of H-pyrrole nitrogens is 1. The maximum absolute atomic E-state index is 6.02. The molecular formula is C13H12ClNOS. The van der Waals surface area contributed by atoms with Gasteiger partial charge in [-0.25, -0.2) is 0 Å². The summed E-state index contributed by atoms with van der Waals surface area (Å²) in [6, 6.07) is 13.5. The number of aromatic amines is 1. The Morgan fingerprint density at radius 2 is 1.82 bits per heavy atom. The molecule has 0 spiro atoms. The van der Waals surface area contributed by atoms with E-state index in [4.69, 9.17) is 28.6 Å². The maximum Gasteiger partial charge on any atom is 0.103 e. The molecule has 0 aliphatic carbocycles. The molecule has 2 nitrogen and oxygen atoms in total. The first-order valence-electron chi connectivity index (χ1n) is 5.25. The van der Waals surface area contributed by atoms with Crippen LogP contribution in [-0.2, 0) is 18.0 Å². The van der Waals surface area contributed by atoms with Gasteiger partial charge >= 0.3 is 0 Å². The van der Waals surface area contributed by atoms with Gasteiger partial charge in [0.15, 0.2) is 0 Å². The molecule has 0 bridgehead atoms. The summed E-state index contributed by atoms with van der Waals surface area (Å²) < 4.78 is 6.24. The molecule has 0 radical (unpaired) electrons. The van der Waals surface area contributed by atoms with Crippen molar-refractivity contribution in [3.05, 3.63) is 63.4 Å². The molecule has 0 unspecified atom stereocenters. The third kappa shape index (κ3) is 3.66. The molecule has 17 heavy (non-hydrogen) atoms. The fourth-order valence-electron chi connectivity index (χ4n) is 1.45. The Morgan fingerprint density at radius 3 is 2.59 bits per heavy atom. The zero-order valence-corrected chi connectivity index (χ0v) is 10.7. The van der Waals surface area contributed by atoms with Gasteiger partial charge in [0.1, 0.15) is 4.64 Å². The maximum atomic E-state index is 6.02. The molecule has 0 amide bonds. The van der Waals surface area contributed by atoms with Crippen molar-refractivity contribution in [3.63, 3.8) is 0 Å². The lowest BCUT2D eigenvalue weighted by atomic mass is 10.2. The Morgan fingerprint density at radius 1 is 1.06 bits per heavy atom. The molecule has 0 aliphatic rings. The predicted molar refractivity (Wildman–Crippen MR) is 71.6 cm³/mol. The summed E-state index contributed by atoms with van der Waals surface area (Å²) in [7, 11) is 0. The molecule has 1 aromatic carbocycles. The molecule has 2 aromatic rings. The smallest absolute Gasteiger partial charge is 0.103 e. The molecule has 0 saturated heterocycles. The van der Waals surface area contributed by atoms with E-state index in [1.807, 2.05) is 30.3 Å². The SMILES string of the molecule is S=c1ccc(Cl)c(COCc2ccccc2)[nH]1. The molecule has 0 aliphatic heterocycles. The number of hydrogen-bond donors (Lipinski definition) is 1. The van der Waals surface area contributed by atoms with Crippen LogP contribution in [-0.4, -0.2) is 4.98 Å². The van der Waals surface area contributed by atoms with E-state index in [0.29, 0.717) is 22.9 Å². The molecule has 0 atom stereocenters. The molecule has 1 heterocycles. The van der Waals surface area contributed by atoms with Gasteiger partial charge in [-0.05, 0) is 17.7 Å². The van der Waals surface area contributed by atoms with Crippen molar-refractivity contribution in [2.45, 2.75) is 13.2 Å². The number of ether oxygens (including phenoxy) is 1. The molecule has 2 rings (SSSR count). The van der Waals surface area contributed by atoms with Crippen molar-refractivity contribution >= 4 is 23.8 Å². The number of rotatable bonds is 4. The highest BCUT2D eigenvalue weighted by molar-refractivity contribution is 7.71. The minimum atomic E-state index is 0.429. The molecular weight excluding hydrogens is 254 g/mol. The van der Waals surface area contributed by atoms with Gasteiger partial charge in [0.25, 0.3) is 0 Å². The lowest BCUT2D eigenvalue weighted by Crippen LogP contribution is -1.97. The normalized spacial score (nSPS) is 10.4. The van der Waals surface area contributed by atoms with E-state index in [1.54, 1.807) is 12.1 Å². The molecule has 1 aromatic heterocycles. The number of hydrogen-bond acceptors (Lipinski definition) is 2. The summed E-state index contributed by atoms with van der Waals surface area (Å²) in [4.78, 5) is 3.02. The second-order valence-electron chi connectivity index (χ2n) is 3.63. The zero-order valence-electron chi connectivity index (χ0n) is 9.15. The van der Waals surface area contributed by atoms with E-state index in [1.165, 1.54) is 0 Å². The lowest BCUT2D eigenvalue weighted by Gasteiger charge is -2.06. The molecule has 0 fully saturated rings. The Hall–Kier alpha value is -1.16.